The number of amides is 1. The molecule has 0 saturated heterocycles. The minimum Gasteiger partial charge on any atom is -0.508 e. The van der Waals surface area contributed by atoms with Crippen molar-refractivity contribution in [1.29, 1.82) is 0 Å². The lowest BCUT2D eigenvalue weighted by Crippen LogP contribution is -2.26. The van der Waals surface area contributed by atoms with E-state index < -0.39 is 0 Å². The normalized spacial score (nSPS) is 12.1. The first-order valence-corrected chi connectivity index (χ1v) is 8.80. The number of aromatic hydroxyl groups is 1. The summed E-state index contributed by atoms with van der Waals surface area (Å²) >= 11 is 0. The summed E-state index contributed by atoms with van der Waals surface area (Å²) in [4.78, 5) is 12.2. The van der Waals surface area contributed by atoms with E-state index in [1.165, 1.54) is 0 Å². The summed E-state index contributed by atoms with van der Waals surface area (Å²) in [5.74, 6) is 1.51. The third-order valence-electron chi connectivity index (χ3n) is 4.24. The van der Waals surface area contributed by atoms with Crippen molar-refractivity contribution < 1.29 is 19.1 Å². The van der Waals surface area contributed by atoms with Crippen LogP contribution in [0.1, 0.15) is 37.6 Å². The number of benzene rings is 2. The van der Waals surface area contributed by atoms with Crippen LogP contribution in [0.5, 0.6) is 11.5 Å². The number of carbonyl (C=O) groups is 1. The molecule has 0 spiro atoms. The molecule has 0 aliphatic heterocycles. The number of rotatable bonds is 7. The summed E-state index contributed by atoms with van der Waals surface area (Å²) in [7, 11) is 0. The summed E-state index contributed by atoms with van der Waals surface area (Å²) in [5, 5.41) is 13.7. The maximum absolute atomic E-state index is 12.2. The van der Waals surface area contributed by atoms with Crippen LogP contribution in [0.2, 0.25) is 0 Å². The van der Waals surface area contributed by atoms with E-state index >= 15 is 0 Å². The van der Waals surface area contributed by atoms with Gasteiger partial charge in [-0.05, 0) is 44.0 Å². The molecule has 26 heavy (non-hydrogen) atoms. The van der Waals surface area contributed by atoms with Gasteiger partial charge in [0.1, 0.15) is 11.5 Å². The molecule has 3 rings (SSSR count). The van der Waals surface area contributed by atoms with Gasteiger partial charge < -0.3 is 19.6 Å². The Balaban J connectivity index is 1.65. The first-order valence-electron chi connectivity index (χ1n) is 8.80. The van der Waals surface area contributed by atoms with Gasteiger partial charge in [-0.15, -0.1) is 0 Å². The Morgan fingerprint density at radius 2 is 2.04 bits per heavy atom. The highest BCUT2D eigenvalue weighted by Gasteiger charge is 2.16. The third kappa shape index (κ3) is 3.99. The molecule has 2 N–H and O–H groups in total. The van der Waals surface area contributed by atoms with Crippen LogP contribution >= 0.6 is 0 Å². The third-order valence-corrected chi connectivity index (χ3v) is 4.24. The molecule has 5 heteroatoms. The lowest BCUT2D eigenvalue weighted by Gasteiger charge is -2.11. The summed E-state index contributed by atoms with van der Waals surface area (Å²) in [6.45, 7) is 4.37. The van der Waals surface area contributed by atoms with Crippen molar-refractivity contribution in [3.05, 3.63) is 59.9 Å². The number of para-hydroxylation sites is 2. The van der Waals surface area contributed by atoms with Crippen molar-refractivity contribution in [3.63, 3.8) is 0 Å². The largest absolute Gasteiger partial charge is 0.508 e. The highest BCUT2D eigenvalue weighted by atomic mass is 16.5. The van der Waals surface area contributed by atoms with Crippen LogP contribution < -0.4 is 10.1 Å². The second kappa shape index (κ2) is 7.95. The van der Waals surface area contributed by atoms with E-state index in [1.54, 1.807) is 12.1 Å². The summed E-state index contributed by atoms with van der Waals surface area (Å²) in [6.07, 6.45) is 0.784. The number of nitrogens with one attached hydrogen (secondary N) is 1. The predicted octanol–water partition coefficient (Wildman–Crippen LogP) is 4.35. The van der Waals surface area contributed by atoms with E-state index in [-0.39, 0.29) is 17.7 Å². The van der Waals surface area contributed by atoms with Gasteiger partial charge in [0.05, 0.1) is 12.6 Å². The highest BCUT2D eigenvalue weighted by molar-refractivity contribution is 5.84. The van der Waals surface area contributed by atoms with Crippen LogP contribution in [0.3, 0.4) is 0 Å². The molecule has 5 nitrogen and oxygen atoms in total. The predicted molar refractivity (Wildman–Crippen MR) is 100 cm³/mol. The summed E-state index contributed by atoms with van der Waals surface area (Å²) < 4.78 is 11.5. The van der Waals surface area contributed by atoms with E-state index in [4.69, 9.17) is 9.15 Å². The number of phenolic OH excluding ortho intramolecular Hbond substituents is 1. The van der Waals surface area contributed by atoms with Gasteiger partial charge in [0.25, 0.3) is 0 Å². The molecule has 1 unspecified atom stereocenters. The van der Waals surface area contributed by atoms with Gasteiger partial charge in [-0.3, -0.25) is 4.79 Å². The molecule has 0 radical (unpaired) electrons. The van der Waals surface area contributed by atoms with Gasteiger partial charge in [-0.2, -0.15) is 0 Å². The Bertz CT molecular complexity index is 900. The lowest BCUT2D eigenvalue weighted by molar-refractivity contribution is -0.121. The second-order valence-corrected chi connectivity index (χ2v) is 6.17. The van der Waals surface area contributed by atoms with Crippen molar-refractivity contribution in [2.24, 2.45) is 0 Å². The molecule has 0 bridgehead atoms. The molecule has 2 aromatic carbocycles. The Hall–Kier alpha value is -2.95. The fraction of sp³-hybridized carbons (Fsp3) is 0.286. The number of ether oxygens (including phenoxy) is 1. The standard InChI is InChI=1S/C21H23NO4/c1-3-25-18-10-6-8-16-13-19(26-21(16)18)14(2)22-20(24)12-11-15-7-4-5-9-17(15)23/h4-10,13-14,23H,3,11-12H2,1-2H3,(H,22,24). The minimum absolute atomic E-state index is 0.0914. The van der Waals surface area contributed by atoms with Crippen molar-refractivity contribution in [1.82, 2.24) is 5.32 Å². The Labute approximate surface area is 152 Å². The van der Waals surface area contributed by atoms with Gasteiger partial charge in [-0.1, -0.05) is 30.3 Å². The maximum Gasteiger partial charge on any atom is 0.220 e. The number of hydrogen-bond acceptors (Lipinski definition) is 4. The van der Waals surface area contributed by atoms with Gasteiger partial charge >= 0.3 is 0 Å². The van der Waals surface area contributed by atoms with E-state index in [0.29, 0.717) is 36.5 Å². The van der Waals surface area contributed by atoms with Crippen LogP contribution in [0, 0.1) is 0 Å². The van der Waals surface area contributed by atoms with E-state index in [2.05, 4.69) is 5.32 Å². The monoisotopic (exact) mass is 353 g/mol. The lowest BCUT2D eigenvalue weighted by atomic mass is 10.1. The quantitative estimate of drug-likeness (QED) is 0.662. The number of carbonyl (C=O) groups excluding carboxylic acids is 1. The second-order valence-electron chi connectivity index (χ2n) is 6.17. The van der Waals surface area contributed by atoms with Crippen LogP contribution in [-0.2, 0) is 11.2 Å². The van der Waals surface area contributed by atoms with E-state index in [0.717, 1.165) is 10.9 Å². The van der Waals surface area contributed by atoms with E-state index in [9.17, 15) is 9.90 Å². The van der Waals surface area contributed by atoms with Crippen LogP contribution in [0.15, 0.2) is 52.9 Å². The van der Waals surface area contributed by atoms with Gasteiger partial charge in [-0.25, -0.2) is 0 Å². The molecule has 0 fully saturated rings. The molecule has 0 saturated carbocycles. The molecule has 136 valence electrons. The fourth-order valence-electron chi connectivity index (χ4n) is 2.89. The van der Waals surface area contributed by atoms with Gasteiger partial charge in [0, 0.05) is 11.8 Å². The van der Waals surface area contributed by atoms with E-state index in [1.807, 2.05) is 50.2 Å². The zero-order valence-electron chi connectivity index (χ0n) is 15.0. The molecule has 1 amide bonds. The van der Waals surface area contributed by atoms with Gasteiger partial charge in [0.2, 0.25) is 5.91 Å². The molecule has 0 aliphatic carbocycles. The highest BCUT2D eigenvalue weighted by Crippen LogP contribution is 2.31. The van der Waals surface area contributed by atoms with Crippen molar-refractivity contribution in [2.45, 2.75) is 32.7 Å². The van der Waals surface area contributed by atoms with Gasteiger partial charge in [0.15, 0.2) is 11.3 Å². The Morgan fingerprint density at radius 1 is 1.23 bits per heavy atom. The number of aryl methyl sites for hydroxylation is 1. The maximum atomic E-state index is 12.2. The molecule has 1 heterocycles. The Morgan fingerprint density at radius 3 is 2.81 bits per heavy atom. The zero-order chi connectivity index (χ0) is 18.5. The SMILES string of the molecule is CCOc1cccc2cc(C(C)NC(=O)CCc3ccccc3O)oc12. The Kier molecular flexibility index (Phi) is 5.46. The summed E-state index contributed by atoms with van der Waals surface area (Å²) in [6, 6.07) is 14.5. The molecular weight excluding hydrogens is 330 g/mol. The first kappa shape index (κ1) is 17.9. The number of furan rings is 1. The van der Waals surface area contributed by atoms with Crippen LogP contribution in [-0.4, -0.2) is 17.6 Å². The zero-order valence-corrected chi connectivity index (χ0v) is 15.0. The van der Waals surface area contributed by atoms with Crippen LogP contribution in [0.25, 0.3) is 11.0 Å². The number of hydrogen-bond donors (Lipinski definition) is 2. The molecule has 1 atom stereocenters. The van der Waals surface area contributed by atoms with Crippen molar-refractivity contribution in [2.75, 3.05) is 6.61 Å². The summed E-state index contributed by atoms with van der Waals surface area (Å²) in [5.41, 5.74) is 1.46. The van der Waals surface area contributed by atoms with Crippen molar-refractivity contribution >= 4 is 16.9 Å². The first-order chi connectivity index (χ1) is 12.6. The smallest absolute Gasteiger partial charge is 0.220 e. The topological polar surface area (TPSA) is 71.7 Å². The minimum atomic E-state index is -0.256. The molecule has 3 aromatic rings. The van der Waals surface area contributed by atoms with Crippen LogP contribution in [0.4, 0.5) is 0 Å². The fourth-order valence-corrected chi connectivity index (χ4v) is 2.89. The van der Waals surface area contributed by atoms with Crippen molar-refractivity contribution in [3.8, 4) is 11.5 Å². The average molecular weight is 353 g/mol. The number of phenols is 1. The average Bonchev–Trinajstić information content (AvgIpc) is 3.07. The molecule has 1 aromatic heterocycles. The molecule has 0 aliphatic rings. The number of fused-ring (bicyclic) bond motifs is 1. The molecular formula is C21H23NO4.